The van der Waals surface area contributed by atoms with Gasteiger partial charge in [-0.3, -0.25) is 62.3 Å². The number of nitrogens with one attached hydrogen (secondary N) is 12. The van der Waals surface area contributed by atoms with E-state index in [-0.39, 0.29) is 69.4 Å². The summed E-state index contributed by atoms with van der Waals surface area (Å²) in [4.78, 5) is 210. The molecule has 2 fully saturated rings. The molecule has 0 aliphatic carbocycles. The van der Waals surface area contributed by atoms with Crippen molar-refractivity contribution in [1.29, 1.82) is 0 Å². The minimum Gasteiger partial charge on any atom is -0.481 e. The Hall–Kier alpha value is -9.82. The number of benzene rings is 1. The third-order valence-corrected chi connectivity index (χ3v) is 18.5. The number of carbonyl (C=O) groups excluding carboxylic acids is 12. The largest absolute Gasteiger partial charge is 0.481 e. The van der Waals surface area contributed by atoms with Crippen molar-refractivity contribution in [1.82, 2.24) is 82.9 Å². The van der Waals surface area contributed by atoms with Crippen LogP contribution in [0.3, 0.4) is 0 Å². The molecule has 33 nitrogen and oxygen atoms in total. The molecule has 14 atom stereocenters. The van der Waals surface area contributed by atoms with Gasteiger partial charge in [0.1, 0.15) is 66.5 Å². The maximum absolute atomic E-state index is 14.6. The summed E-state index contributed by atoms with van der Waals surface area (Å²) < 4.78 is 0. The quantitative estimate of drug-likeness (QED) is 0.0349. The van der Waals surface area contributed by atoms with Gasteiger partial charge in [-0.2, -0.15) is 0 Å². The van der Waals surface area contributed by atoms with Gasteiger partial charge in [0.25, 0.3) is 0 Å². The average Bonchev–Trinajstić information content (AvgIpc) is 1.74. The lowest BCUT2D eigenvalue weighted by Gasteiger charge is -2.32. The number of hydrogen-bond donors (Lipinski definition) is 15. The Labute approximate surface area is 600 Å². The molecule has 33 heteroatoms. The summed E-state index contributed by atoms with van der Waals surface area (Å²) in [7, 11) is 0. The number of carboxylic acid groups (broad SMARTS) is 2. The molecule has 0 radical (unpaired) electrons. The van der Waals surface area contributed by atoms with Gasteiger partial charge in [0.2, 0.25) is 70.9 Å². The highest BCUT2D eigenvalue weighted by Gasteiger charge is 2.43. The molecule has 5 rings (SSSR count). The molecule has 4 heterocycles. The topological polar surface area (TPSA) is 490 Å². The maximum Gasteiger partial charge on any atom is 0.326 e. The number of imidazole rings is 2. The Kier molecular flexibility index (Phi) is 33.1. The van der Waals surface area contributed by atoms with Gasteiger partial charge in [-0.05, 0) is 87.0 Å². The van der Waals surface area contributed by atoms with E-state index in [0.717, 1.165) is 0 Å². The number of H-pyrrole nitrogens is 2. The zero-order chi connectivity index (χ0) is 76.4. The summed E-state index contributed by atoms with van der Waals surface area (Å²) in [6, 6.07) is -6.39. The van der Waals surface area contributed by atoms with Gasteiger partial charge < -0.3 is 88.9 Å². The number of hydrogen-bond acceptors (Lipinski definition) is 17. The molecule has 12 amide bonds. The van der Waals surface area contributed by atoms with Crippen molar-refractivity contribution in [2.24, 2.45) is 35.3 Å². The second-order valence-corrected chi connectivity index (χ2v) is 28.0. The van der Waals surface area contributed by atoms with E-state index in [0.29, 0.717) is 49.1 Å². The van der Waals surface area contributed by atoms with Crippen LogP contribution in [0.25, 0.3) is 0 Å². The predicted octanol–water partition coefficient (Wildman–Crippen LogP) is -0.241. The number of aromatic nitrogens is 4. The molecule has 0 spiro atoms. The Morgan fingerprint density at radius 2 is 0.981 bits per heavy atom. The van der Waals surface area contributed by atoms with Crippen LogP contribution in [-0.4, -0.2) is 215 Å². The second kappa shape index (κ2) is 40.7. The van der Waals surface area contributed by atoms with Crippen LogP contribution < -0.4 is 58.9 Å². The highest BCUT2D eigenvalue weighted by Crippen LogP contribution is 2.24. The summed E-state index contributed by atoms with van der Waals surface area (Å²) in [5.74, 6) is -13.2. The minimum absolute atomic E-state index is 0.00164. The van der Waals surface area contributed by atoms with Crippen LogP contribution in [-0.2, 0) is 86.4 Å². The minimum atomic E-state index is -1.50. The van der Waals surface area contributed by atoms with E-state index in [1.807, 2.05) is 0 Å². The summed E-state index contributed by atoms with van der Waals surface area (Å²) in [6.45, 7) is 18.7. The Morgan fingerprint density at radius 1 is 0.524 bits per heavy atom. The van der Waals surface area contributed by atoms with E-state index in [4.69, 9.17) is 5.73 Å². The van der Waals surface area contributed by atoms with E-state index in [1.165, 1.54) is 41.8 Å². The molecule has 1 aromatic carbocycles. The lowest BCUT2D eigenvalue weighted by molar-refractivity contribution is -0.144. The number of amides is 12. The van der Waals surface area contributed by atoms with E-state index in [2.05, 4.69) is 73.1 Å². The lowest BCUT2D eigenvalue weighted by atomic mass is 9.96. The highest BCUT2D eigenvalue weighted by molar-refractivity contribution is 6.00. The Balaban J connectivity index is 1.28. The van der Waals surface area contributed by atoms with Crippen molar-refractivity contribution >= 4 is 82.8 Å². The van der Waals surface area contributed by atoms with Gasteiger partial charge in [-0.25, -0.2) is 14.8 Å². The number of nitrogens with zero attached hydrogens (tertiary/aromatic N) is 4. The highest BCUT2D eigenvalue weighted by atomic mass is 16.4. The van der Waals surface area contributed by atoms with Crippen molar-refractivity contribution in [3.8, 4) is 0 Å². The maximum atomic E-state index is 14.6. The van der Waals surface area contributed by atoms with Crippen molar-refractivity contribution < 1.29 is 77.3 Å². The third-order valence-electron chi connectivity index (χ3n) is 18.5. The Bertz CT molecular complexity index is 3370. The van der Waals surface area contributed by atoms with Crippen molar-refractivity contribution in [3.05, 3.63) is 72.3 Å². The van der Waals surface area contributed by atoms with Gasteiger partial charge >= 0.3 is 11.9 Å². The first-order valence-electron chi connectivity index (χ1n) is 35.5. The van der Waals surface area contributed by atoms with Crippen molar-refractivity contribution in [2.75, 3.05) is 19.6 Å². The number of aromatic amines is 2. The molecule has 3 aromatic rings. The van der Waals surface area contributed by atoms with Crippen LogP contribution in [0.1, 0.15) is 157 Å². The molecule has 103 heavy (non-hydrogen) atoms. The van der Waals surface area contributed by atoms with E-state index in [1.54, 1.807) is 99.6 Å². The molecule has 2 saturated heterocycles. The summed E-state index contributed by atoms with van der Waals surface area (Å²) in [6.07, 6.45) is 6.31. The van der Waals surface area contributed by atoms with Crippen LogP contribution in [0, 0.1) is 29.6 Å². The van der Waals surface area contributed by atoms with Crippen molar-refractivity contribution in [3.63, 3.8) is 0 Å². The van der Waals surface area contributed by atoms with Crippen LogP contribution in [0.5, 0.6) is 0 Å². The van der Waals surface area contributed by atoms with Crippen LogP contribution in [0.15, 0.2) is 55.4 Å². The summed E-state index contributed by atoms with van der Waals surface area (Å²) in [5.41, 5.74) is 7.63. The van der Waals surface area contributed by atoms with E-state index >= 15 is 0 Å². The molecular weight excluding hydrogens is 1330 g/mol. The fraction of sp³-hybridized carbons (Fsp3) is 0.629. The predicted molar refractivity (Wildman–Crippen MR) is 375 cm³/mol. The molecular formula is C70H107N17O16. The fourth-order valence-corrected chi connectivity index (χ4v) is 12.1. The molecule has 0 unspecified atom stereocenters. The number of rotatable bonds is 41. The first kappa shape index (κ1) is 83.8. The first-order chi connectivity index (χ1) is 48.7. The second-order valence-electron chi connectivity index (χ2n) is 28.0. The number of likely N-dealkylation sites (tertiary alicyclic amines) is 2. The monoisotopic (exact) mass is 1440 g/mol. The van der Waals surface area contributed by atoms with Gasteiger partial charge in [0, 0.05) is 62.6 Å². The number of carboxylic acids is 2. The number of nitrogens with two attached hydrogens (primary N) is 1. The zero-order valence-electron chi connectivity index (χ0n) is 60.8. The Morgan fingerprint density at radius 3 is 1.49 bits per heavy atom. The van der Waals surface area contributed by atoms with Crippen LogP contribution in [0.4, 0.5) is 0 Å². The molecule has 0 bridgehead atoms. The zero-order valence-corrected chi connectivity index (χ0v) is 60.8. The van der Waals surface area contributed by atoms with Crippen LogP contribution >= 0.6 is 0 Å². The van der Waals surface area contributed by atoms with Gasteiger partial charge in [-0.1, -0.05) is 112 Å². The van der Waals surface area contributed by atoms with Crippen molar-refractivity contribution in [2.45, 2.75) is 232 Å². The first-order valence-corrected chi connectivity index (χ1v) is 35.5. The van der Waals surface area contributed by atoms with Crippen LogP contribution in [0.2, 0.25) is 0 Å². The summed E-state index contributed by atoms with van der Waals surface area (Å²) in [5, 5.41) is 46.2. The SMILES string of the molecule is CC[C@H](C)[C@H](NC(=O)CNC(=O)[C@H](CC(C)C)NC(=O)[C@H](Cc1ccccc1)NC(=O)[C@H](CC(C)C)NC(=O)[C@H](C)NC(=O)[C@H](Cc1cnc[nH]1)NC(=O)[C@@H]1CCCN1C(=O)[C@H](CCC(=O)O)NC(=O)[C@@H](NC(=O)[C@@H]1CCCN1C(=O)[C@@H](N)C(C)C)[C@@H](C)CC)C(=O)N[C@@H](Cc1cnc[nH]1)C(=O)O. The average molecular weight is 1440 g/mol. The van der Waals surface area contributed by atoms with Gasteiger partial charge in [0.05, 0.1) is 25.2 Å². The third kappa shape index (κ3) is 25.9. The van der Waals surface area contributed by atoms with Gasteiger partial charge in [0.15, 0.2) is 0 Å². The smallest absolute Gasteiger partial charge is 0.326 e. The van der Waals surface area contributed by atoms with E-state index < -0.39 is 187 Å². The molecule has 0 saturated carbocycles. The molecule has 16 N–H and O–H groups in total. The molecule has 568 valence electrons. The standard InChI is InChI=1S/C70H107N17O16/c1-12-40(9)57(66(98)83-51(70(102)103)31-45-33-73-36-76-45)84-54(88)34-74-60(92)47(27-37(3)4)80-63(95)49(29-43-19-15-14-16-20-43)81-62(94)48(28-38(5)6)79-59(91)42(11)77-61(93)50(30-44-32-72-35-75-44)82-64(96)52-21-17-25-86(52)68(100)46(23-24-55(89)90)78-67(99)58(41(10)13-2)85-65(97)53-22-18-26-87(53)69(101)56(71)39(7)8/h14-16,19-20,32-33,35-42,46-53,56-58H,12-13,17-18,21-31,34,71H2,1-11H3,(H,72,75)(H,73,76)(H,74,92)(H,77,93)(H,78,99)(H,79,91)(H,80,95)(H,81,94)(H,82,96)(H,83,98)(H,84,88)(H,85,97)(H,89,90)(H,102,103)/t40-,41-,42-,46-,47-,48-,49-,50-,51-,52-,53-,56-,57-,58-/m0/s1. The number of carbonyl (C=O) groups is 14. The van der Waals surface area contributed by atoms with Gasteiger partial charge in [-0.15, -0.1) is 0 Å². The van der Waals surface area contributed by atoms with E-state index in [9.17, 15) is 77.3 Å². The molecule has 2 aliphatic rings. The summed E-state index contributed by atoms with van der Waals surface area (Å²) >= 11 is 0. The fourth-order valence-electron chi connectivity index (χ4n) is 12.1. The normalized spacial score (nSPS) is 17.9. The molecule has 2 aromatic heterocycles. The number of aliphatic carboxylic acids is 2. The lowest BCUT2D eigenvalue weighted by Crippen LogP contribution is -2.61. The molecule has 2 aliphatic heterocycles.